The highest BCUT2D eigenvalue weighted by molar-refractivity contribution is 6.31. The fourth-order valence-electron chi connectivity index (χ4n) is 3.03. The molecule has 1 fully saturated rings. The van der Waals surface area contributed by atoms with E-state index in [1.165, 1.54) is 6.92 Å². The van der Waals surface area contributed by atoms with Crippen molar-refractivity contribution in [1.82, 2.24) is 15.1 Å². The van der Waals surface area contributed by atoms with Crippen LogP contribution in [0.25, 0.3) is 0 Å². The predicted octanol–water partition coefficient (Wildman–Crippen LogP) is 3.02. The van der Waals surface area contributed by atoms with E-state index < -0.39 is 0 Å². The number of carbonyl (C=O) groups excluding carboxylic acids is 3. The van der Waals surface area contributed by atoms with Gasteiger partial charge in [-0.1, -0.05) is 24.1 Å². The molecular formula is C20H29ClN4O3. The Balaban J connectivity index is 1.67. The fraction of sp³-hybridized carbons (Fsp3) is 0.550. The van der Waals surface area contributed by atoms with E-state index in [1.54, 1.807) is 11.0 Å². The molecule has 7 nitrogen and oxygen atoms in total. The van der Waals surface area contributed by atoms with Gasteiger partial charge in [0.05, 0.1) is 0 Å². The number of amides is 4. The number of hydrogen-bond acceptors (Lipinski definition) is 3. The van der Waals surface area contributed by atoms with Gasteiger partial charge in [0.25, 0.3) is 0 Å². The molecule has 0 aromatic heterocycles. The maximum atomic E-state index is 12.4. The Morgan fingerprint density at radius 3 is 2.36 bits per heavy atom. The number of anilines is 1. The number of benzene rings is 1. The van der Waals surface area contributed by atoms with Gasteiger partial charge in [0.1, 0.15) is 0 Å². The van der Waals surface area contributed by atoms with Gasteiger partial charge in [-0.2, -0.15) is 0 Å². The molecule has 0 saturated carbocycles. The molecule has 1 aliphatic rings. The zero-order valence-corrected chi connectivity index (χ0v) is 17.3. The first-order valence-electron chi connectivity index (χ1n) is 9.71. The lowest BCUT2D eigenvalue weighted by Crippen LogP contribution is -2.51. The lowest BCUT2D eigenvalue weighted by Gasteiger charge is -2.34. The molecule has 0 spiro atoms. The van der Waals surface area contributed by atoms with E-state index in [-0.39, 0.29) is 17.8 Å². The second-order valence-corrected chi connectivity index (χ2v) is 7.46. The molecule has 1 heterocycles. The number of hydrogen-bond donors (Lipinski definition) is 2. The molecule has 8 heteroatoms. The number of unbranched alkanes of at least 4 members (excludes halogenated alkanes) is 2. The first kappa shape index (κ1) is 22.0. The standard InChI is InChI=1S/C20H29ClN4O3/c1-15-7-8-17(14-18(15)21)23-20(28)25-12-10-24(11-13-25)19(27)6-4-3-5-9-22-16(2)26/h7-8,14H,3-6,9-13H2,1-2H3,(H,22,26)(H,23,28). The number of carbonyl (C=O) groups is 3. The van der Waals surface area contributed by atoms with Crippen LogP contribution >= 0.6 is 11.6 Å². The second kappa shape index (κ2) is 10.9. The van der Waals surface area contributed by atoms with Crippen molar-refractivity contribution in [3.63, 3.8) is 0 Å². The summed E-state index contributed by atoms with van der Waals surface area (Å²) in [7, 11) is 0. The fourth-order valence-corrected chi connectivity index (χ4v) is 3.21. The summed E-state index contributed by atoms with van der Waals surface area (Å²) >= 11 is 6.09. The van der Waals surface area contributed by atoms with Crippen LogP contribution in [-0.2, 0) is 9.59 Å². The third kappa shape index (κ3) is 7.03. The quantitative estimate of drug-likeness (QED) is 0.680. The van der Waals surface area contributed by atoms with Gasteiger partial charge >= 0.3 is 6.03 Å². The summed E-state index contributed by atoms with van der Waals surface area (Å²) < 4.78 is 0. The molecule has 154 valence electrons. The van der Waals surface area contributed by atoms with Crippen LogP contribution in [0.2, 0.25) is 5.02 Å². The van der Waals surface area contributed by atoms with Crippen LogP contribution < -0.4 is 10.6 Å². The third-order valence-electron chi connectivity index (χ3n) is 4.78. The molecule has 1 saturated heterocycles. The van der Waals surface area contributed by atoms with Crippen LogP contribution in [0.1, 0.15) is 38.2 Å². The van der Waals surface area contributed by atoms with Gasteiger partial charge in [-0.05, 0) is 37.5 Å². The lowest BCUT2D eigenvalue weighted by molar-refractivity contribution is -0.132. The molecule has 1 aromatic rings. The maximum absolute atomic E-state index is 12.4. The van der Waals surface area contributed by atoms with Crippen molar-refractivity contribution in [2.45, 2.75) is 39.5 Å². The number of nitrogens with zero attached hydrogens (tertiary/aromatic N) is 2. The summed E-state index contributed by atoms with van der Waals surface area (Å²) in [5.41, 5.74) is 1.63. The van der Waals surface area contributed by atoms with E-state index in [2.05, 4.69) is 10.6 Å². The Kier molecular flexibility index (Phi) is 8.57. The first-order valence-corrected chi connectivity index (χ1v) is 10.1. The number of urea groups is 1. The van der Waals surface area contributed by atoms with Gasteiger partial charge in [-0.25, -0.2) is 4.79 Å². The average molecular weight is 409 g/mol. The van der Waals surface area contributed by atoms with Gasteiger partial charge in [0.15, 0.2) is 0 Å². The molecule has 0 aliphatic carbocycles. The highest BCUT2D eigenvalue weighted by atomic mass is 35.5. The Morgan fingerprint density at radius 2 is 1.71 bits per heavy atom. The smallest absolute Gasteiger partial charge is 0.321 e. The molecule has 0 bridgehead atoms. The number of aryl methyl sites for hydroxylation is 1. The van der Waals surface area contributed by atoms with Crippen molar-refractivity contribution in [1.29, 1.82) is 0 Å². The molecule has 2 rings (SSSR count). The molecule has 4 amide bonds. The van der Waals surface area contributed by atoms with Gasteiger partial charge in [-0.15, -0.1) is 0 Å². The summed E-state index contributed by atoms with van der Waals surface area (Å²) in [6, 6.07) is 5.25. The lowest BCUT2D eigenvalue weighted by atomic mass is 10.1. The minimum absolute atomic E-state index is 0.0246. The number of piperazine rings is 1. The molecule has 28 heavy (non-hydrogen) atoms. The number of halogens is 1. The average Bonchev–Trinajstić information content (AvgIpc) is 2.67. The maximum Gasteiger partial charge on any atom is 0.321 e. The topological polar surface area (TPSA) is 81.8 Å². The number of nitrogens with one attached hydrogen (secondary N) is 2. The van der Waals surface area contributed by atoms with Crippen LogP contribution in [0.5, 0.6) is 0 Å². The van der Waals surface area contributed by atoms with Crippen LogP contribution in [0.4, 0.5) is 10.5 Å². The zero-order chi connectivity index (χ0) is 20.5. The van der Waals surface area contributed by atoms with E-state index in [4.69, 9.17) is 11.6 Å². The summed E-state index contributed by atoms with van der Waals surface area (Å²) in [6.45, 7) is 6.19. The van der Waals surface area contributed by atoms with Crippen molar-refractivity contribution >= 4 is 35.1 Å². The van der Waals surface area contributed by atoms with E-state index in [9.17, 15) is 14.4 Å². The predicted molar refractivity (Wildman–Crippen MR) is 111 cm³/mol. The second-order valence-electron chi connectivity index (χ2n) is 7.06. The Morgan fingerprint density at radius 1 is 1.04 bits per heavy atom. The summed E-state index contributed by atoms with van der Waals surface area (Å²) in [5.74, 6) is 0.105. The van der Waals surface area contributed by atoms with Crippen molar-refractivity contribution in [2.24, 2.45) is 0 Å². The zero-order valence-electron chi connectivity index (χ0n) is 16.6. The third-order valence-corrected chi connectivity index (χ3v) is 5.19. The van der Waals surface area contributed by atoms with E-state index in [0.717, 1.165) is 24.8 Å². The normalized spacial score (nSPS) is 14.0. The van der Waals surface area contributed by atoms with Crippen LogP contribution in [0, 0.1) is 6.92 Å². The summed E-state index contributed by atoms with van der Waals surface area (Å²) in [6.07, 6.45) is 3.11. The van der Waals surface area contributed by atoms with Crippen molar-refractivity contribution < 1.29 is 14.4 Å². The van der Waals surface area contributed by atoms with Crippen LogP contribution in [0.15, 0.2) is 18.2 Å². The minimum atomic E-state index is -0.176. The number of rotatable bonds is 7. The van der Waals surface area contributed by atoms with Crippen molar-refractivity contribution in [2.75, 3.05) is 38.0 Å². The van der Waals surface area contributed by atoms with Crippen LogP contribution in [0.3, 0.4) is 0 Å². The highest BCUT2D eigenvalue weighted by Gasteiger charge is 2.23. The van der Waals surface area contributed by atoms with Gasteiger partial charge < -0.3 is 20.4 Å². The largest absolute Gasteiger partial charge is 0.356 e. The van der Waals surface area contributed by atoms with Crippen molar-refractivity contribution in [3.8, 4) is 0 Å². The summed E-state index contributed by atoms with van der Waals surface area (Å²) in [5, 5.41) is 6.22. The molecule has 0 unspecified atom stereocenters. The molecule has 1 aromatic carbocycles. The molecule has 2 N–H and O–H groups in total. The van der Waals surface area contributed by atoms with Crippen LogP contribution in [-0.4, -0.2) is 60.4 Å². The van der Waals surface area contributed by atoms with Gasteiger partial charge in [-0.3, -0.25) is 9.59 Å². The molecule has 0 atom stereocenters. The Labute approximate surface area is 171 Å². The monoisotopic (exact) mass is 408 g/mol. The van der Waals surface area contributed by atoms with E-state index in [1.807, 2.05) is 24.0 Å². The molecular weight excluding hydrogens is 380 g/mol. The molecule has 1 aliphatic heterocycles. The van der Waals surface area contributed by atoms with Gasteiger partial charge in [0, 0.05) is 56.8 Å². The van der Waals surface area contributed by atoms with Gasteiger partial charge in [0.2, 0.25) is 11.8 Å². The first-order chi connectivity index (χ1) is 13.4. The highest BCUT2D eigenvalue weighted by Crippen LogP contribution is 2.20. The Hall–Kier alpha value is -2.28. The minimum Gasteiger partial charge on any atom is -0.356 e. The summed E-state index contributed by atoms with van der Waals surface area (Å²) in [4.78, 5) is 39.0. The van der Waals surface area contributed by atoms with E-state index >= 15 is 0 Å². The SMILES string of the molecule is CC(=O)NCCCCCC(=O)N1CCN(C(=O)Nc2ccc(C)c(Cl)c2)CC1. The van der Waals surface area contributed by atoms with E-state index in [0.29, 0.717) is 49.9 Å². The Bertz CT molecular complexity index is 703. The van der Waals surface area contributed by atoms with Crippen molar-refractivity contribution in [3.05, 3.63) is 28.8 Å². The molecule has 0 radical (unpaired) electrons.